The standard InChI is InChI=1S/C11H10ClFO4S/c1-6(2)5-18(16,17)7-3-8(11(14)15)10(12)9(13)4-7/h3-4H,1,5H2,2H3,(H,14,15). The molecular formula is C11H10ClFO4S. The average Bonchev–Trinajstić information content (AvgIpc) is 2.19. The van der Waals surface area contributed by atoms with Crippen LogP contribution in [0, 0.1) is 5.82 Å². The van der Waals surface area contributed by atoms with Gasteiger partial charge in [0.1, 0.15) is 5.82 Å². The molecule has 0 saturated carbocycles. The topological polar surface area (TPSA) is 71.4 Å². The fourth-order valence-electron chi connectivity index (χ4n) is 1.31. The van der Waals surface area contributed by atoms with Crippen molar-refractivity contribution in [3.8, 4) is 0 Å². The monoisotopic (exact) mass is 292 g/mol. The molecule has 1 aromatic carbocycles. The van der Waals surface area contributed by atoms with Crippen LogP contribution in [0.5, 0.6) is 0 Å². The number of hydrogen-bond acceptors (Lipinski definition) is 3. The van der Waals surface area contributed by atoms with E-state index in [1.807, 2.05) is 0 Å². The van der Waals surface area contributed by atoms with Crippen molar-refractivity contribution in [3.05, 3.63) is 40.7 Å². The Balaban J connectivity index is 3.45. The summed E-state index contributed by atoms with van der Waals surface area (Å²) in [5, 5.41) is 8.18. The van der Waals surface area contributed by atoms with Gasteiger partial charge in [-0.1, -0.05) is 23.8 Å². The van der Waals surface area contributed by atoms with Crippen molar-refractivity contribution in [2.75, 3.05) is 5.75 Å². The summed E-state index contributed by atoms with van der Waals surface area (Å²) in [6.07, 6.45) is 0. The van der Waals surface area contributed by atoms with Crippen molar-refractivity contribution < 1.29 is 22.7 Å². The van der Waals surface area contributed by atoms with Gasteiger partial charge in [-0.2, -0.15) is 0 Å². The summed E-state index contributed by atoms with van der Waals surface area (Å²) in [5.41, 5.74) is -0.223. The van der Waals surface area contributed by atoms with Crippen molar-refractivity contribution in [3.63, 3.8) is 0 Å². The summed E-state index contributed by atoms with van der Waals surface area (Å²) in [6, 6.07) is 1.54. The predicted molar refractivity (Wildman–Crippen MR) is 65.2 cm³/mol. The molecule has 0 atom stereocenters. The van der Waals surface area contributed by atoms with Gasteiger partial charge in [0.15, 0.2) is 9.84 Å². The van der Waals surface area contributed by atoms with E-state index < -0.39 is 37.1 Å². The second-order valence-electron chi connectivity index (χ2n) is 3.79. The van der Waals surface area contributed by atoms with Gasteiger partial charge >= 0.3 is 5.97 Å². The Kier molecular flexibility index (Phi) is 4.13. The first-order chi connectivity index (χ1) is 8.15. The van der Waals surface area contributed by atoms with Gasteiger partial charge < -0.3 is 5.11 Å². The van der Waals surface area contributed by atoms with Crippen LogP contribution in [0.3, 0.4) is 0 Å². The number of sulfone groups is 1. The lowest BCUT2D eigenvalue weighted by atomic mass is 10.2. The molecule has 0 saturated heterocycles. The maximum atomic E-state index is 13.4. The second kappa shape index (κ2) is 5.07. The van der Waals surface area contributed by atoms with Crippen molar-refractivity contribution in [2.24, 2.45) is 0 Å². The Bertz CT molecular complexity index is 622. The highest BCUT2D eigenvalue weighted by atomic mass is 35.5. The molecule has 18 heavy (non-hydrogen) atoms. The van der Waals surface area contributed by atoms with Crippen LogP contribution in [-0.4, -0.2) is 25.2 Å². The molecule has 0 aromatic heterocycles. The summed E-state index contributed by atoms with van der Waals surface area (Å²) in [6.45, 7) is 4.95. The molecule has 1 N–H and O–H groups in total. The third-order valence-electron chi connectivity index (χ3n) is 2.03. The SMILES string of the molecule is C=C(C)CS(=O)(=O)c1cc(F)c(Cl)c(C(=O)O)c1. The van der Waals surface area contributed by atoms with E-state index in [0.29, 0.717) is 11.6 Å². The number of carbonyl (C=O) groups is 1. The Hall–Kier alpha value is -1.40. The maximum Gasteiger partial charge on any atom is 0.337 e. The normalized spacial score (nSPS) is 11.3. The van der Waals surface area contributed by atoms with E-state index in [0.717, 1.165) is 6.07 Å². The van der Waals surface area contributed by atoms with Crippen LogP contribution in [0.15, 0.2) is 29.2 Å². The van der Waals surface area contributed by atoms with E-state index in [1.54, 1.807) is 0 Å². The molecule has 4 nitrogen and oxygen atoms in total. The van der Waals surface area contributed by atoms with Gasteiger partial charge in [-0.3, -0.25) is 0 Å². The summed E-state index contributed by atoms with van der Waals surface area (Å²) < 4.78 is 37.0. The van der Waals surface area contributed by atoms with Crippen LogP contribution in [0.1, 0.15) is 17.3 Å². The minimum atomic E-state index is -3.82. The Morgan fingerprint density at radius 2 is 2.06 bits per heavy atom. The average molecular weight is 293 g/mol. The van der Waals surface area contributed by atoms with E-state index in [-0.39, 0.29) is 5.75 Å². The number of rotatable bonds is 4. The number of carboxylic acid groups (broad SMARTS) is 1. The fourth-order valence-corrected chi connectivity index (χ4v) is 2.89. The summed E-state index contributed by atoms with van der Waals surface area (Å²) in [7, 11) is -3.82. The van der Waals surface area contributed by atoms with E-state index in [1.165, 1.54) is 6.92 Å². The molecule has 1 aromatic rings. The second-order valence-corrected chi connectivity index (χ2v) is 6.16. The van der Waals surface area contributed by atoms with Crippen LogP contribution in [0.2, 0.25) is 5.02 Å². The van der Waals surface area contributed by atoms with Crippen molar-refractivity contribution >= 4 is 27.4 Å². The Labute approximate surface area is 109 Å². The van der Waals surface area contributed by atoms with Gasteiger partial charge in [-0.25, -0.2) is 17.6 Å². The van der Waals surface area contributed by atoms with Crippen LogP contribution >= 0.6 is 11.6 Å². The van der Waals surface area contributed by atoms with Gasteiger partial charge in [-0.15, -0.1) is 0 Å². The first-order valence-corrected chi connectivity index (χ1v) is 6.77. The molecule has 7 heteroatoms. The third kappa shape index (κ3) is 3.08. The van der Waals surface area contributed by atoms with Crippen molar-refractivity contribution in [1.29, 1.82) is 0 Å². The van der Waals surface area contributed by atoms with Gasteiger partial charge in [0.25, 0.3) is 0 Å². The van der Waals surface area contributed by atoms with Gasteiger partial charge in [0, 0.05) is 0 Å². The number of hydrogen-bond donors (Lipinski definition) is 1. The molecule has 0 spiro atoms. The lowest BCUT2D eigenvalue weighted by molar-refractivity contribution is 0.0696. The molecule has 1 rings (SSSR count). The molecule has 0 aliphatic carbocycles. The molecule has 0 aliphatic rings. The molecule has 0 amide bonds. The molecular weight excluding hydrogens is 283 g/mol. The van der Waals surface area contributed by atoms with E-state index in [4.69, 9.17) is 16.7 Å². The molecule has 0 heterocycles. The van der Waals surface area contributed by atoms with E-state index in [9.17, 15) is 17.6 Å². The van der Waals surface area contributed by atoms with Crippen LogP contribution in [0.4, 0.5) is 4.39 Å². The Morgan fingerprint density at radius 3 is 2.50 bits per heavy atom. The molecule has 0 fully saturated rings. The quantitative estimate of drug-likeness (QED) is 0.866. The van der Waals surface area contributed by atoms with E-state index >= 15 is 0 Å². The molecule has 98 valence electrons. The summed E-state index contributed by atoms with van der Waals surface area (Å²) in [4.78, 5) is 10.4. The van der Waals surface area contributed by atoms with Crippen LogP contribution < -0.4 is 0 Å². The number of benzene rings is 1. The zero-order valence-corrected chi connectivity index (χ0v) is 11.0. The number of aromatic carboxylic acids is 1. The lowest BCUT2D eigenvalue weighted by Crippen LogP contribution is -2.10. The first-order valence-electron chi connectivity index (χ1n) is 4.74. The highest BCUT2D eigenvalue weighted by Crippen LogP contribution is 2.25. The largest absolute Gasteiger partial charge is 0.478 e. The maximum absolute atomic E-state index is 13.4. The smallest absolute Gasteiger partial charge is 0.337 e. The van der Waals surface area contributed by atoms with Gasteiger partial charge in [0.05, 0.1) is 21.2 Å². The highest BCUT2D eigenvalue weighted by Gasteiger charge is 2.21. The summed E-state index contributed by atoms with van der Waals surface area (Å²) in [5.74, 6) is -2.96. The molecule has 0 radical (unpaired) electrons. The number of carboxylic acids is 1. The number of halogens is 2. The minimum Gasteiger partial charge on any atom is -0.478 e. The highest BCUT2D eigenvalue weighted by molar-refractivity contribution is 7.91. The van der Waals surface area contributed by atoms with Crippen LogP contribution in [0.25, 0.3) is 0 Å². The van der Waals surface area contributed by atoms with Crippen molar-refractivity contribution in [2.45, 2.75) is 11.8 Å². The lowest BCUT2D eigenvalue weighted by Gasteiger charge is -2.07. The van der Waals surface area contributed by atoms with Gasteiger partial charge in [0.2, 0.25) is 0 Å². The minimum absolute atomic E-state index is 0.363. The molecule has 0 unspecified atom stereocenters. The third-order valence-corrected chi connectivity index (χ3v) is 4.24. The predicted octanol–water partition coefficient (Wildman–Crippen LogP) is 2.53. The first kappa shape index (κ1) is 14.7. The zero-order chi connectivity index (χ0) is 14.1. The fraction of sp³-hybridized carbons (Fsp3) is 0.182. The Morgan fingerprint density at radius 1 is 1.50 bits per heavy atom. The zero-order valence-electron chi connectivity index (χ0n) is 9.41. The summed E-state index contributed by atoms with van der Waals surface area (Å²) >= 11 is 5.45. The van der Waals surface area contributed by atoms with Crippen molar-refractivity contribution in [1.82, 2.24) is 0 Å². The van der Waals surface area contributed by atoms with Crippen LogP contribution in [-0.2, 0) is 9.84 Å². The molecule has 0 bridgehead atoms. The molecule has 0 aliphatic heterocycles. The van der Waals surface area contributed by atoms with E-state index in [2.05, 4.69) is 6.58 Å². The van der Waals surface area contributed by atoms with Gasteiger partial charge in [-0.05, 0) is 19.1 Å².